The molecule has 4 rings (SSSR count). The van der Waals surface area contributed by atoms with E-state index in [0.29, 0.717) is 0 Å². The summed E-state index contributed by atoms with van der Waals surface area (Å²) in [5.41, 5.74) is 4.48. The third-order valence-electron chi connectivity index (χ3n) is 4.25. The van der Waals surface area contributed by atoms with Gasteiger partial charge in [-0.05, 0) is 30.9 Å². The maximum Gasteiger partial charge on any atom is 0.163 e. The Balaban J connectivity index is 1.69. The maximum absolute atomic E-state index is 4.69. The molecule has 3 heteroatoms. The summed E-state index contributed by atoms with van der Waals surface area (Å²) in [6.07, 6.45) is 8.58. The molecule has 0 saturated heterocycles. The predicted octanol–water partition coefficient (Wildman–Crippen LogP) is 5.25. The van der Waals surface area contributed by atoms with Gasteiger partial charge >= 0.3 is 0 Å². The van der Waals surface area contributed by atoms with Crippen molar-refractivity contribution in [3.63, 3.8) is 0 Å². The first-order valence-corrected chi connectivity index (χ1v) is 8.55. The summed E-state index contributed by atoms with van der Waals surface area (Å²) in [5, 5.41) is 0. The van der Waals surface area contributed by atoms with Gasteiger partial charge in [0.15, 0.2) is 11.6 Å². The van der Waals surface area contributed by atoms with Crippen LogP contribution in [-0.2, 0) is 0 Å². The Morgan fingerprint density at radius 3 is 2.08 bits per heavy atom. The SMILES string of the molecule is Cc1nc(C2=CCCC=C2)nc(-c2ccc(-c3ccccc3)cc2)n1. The highest BCUT2D eigenvalue weighted by Gasteiger charge is 2.10. The topological polar surface area (TPSA) is 38.7 Å². The molecule has 0 atom stereocenters. The van der Waals surface area contributed by atoms with Crippen molar-refractivity contribution in [2.24, 2.45) is 0 Å². The molecule has 3 aromatic rings. The van der Waals surface area contributed by atoms with E-state index in [9.17, 15) is 0 Å². The molecule has 25 heavy (non-hydrogen) atoms. The molecule has 0 N–H and O–H groups in total. The molecule has 122 valence electrons. The third kappa shape index (κ3) is 3.41. The van der Waals surface area contributed by atoms with Crippen molar-refractivity contribution in [1.29, 1.82) is 0 Å². The smallest absolute Gasteiger partial charge is 0.163 e. The lowest BCUT2D eigenvalue weighted by Crippen LogP contribution is -2.02. The van der Waals surface area contributed by atoms with Crippen LogP contribution in [0.2, 0.25) is 0 Å². The van der Waals surface area contributed by atoms with E-state index in [-0.39, 0.29) is 0 Å². The molecule has 0 amide bonds. The number of rotatable bonds is 3. The van der Waals surface area contributed by atoms with E-state index in [4.69, 9.17) is 0 Å². The van der Waals surface area contributed by atoms with Crippen molar-refractivity contribution in [2.45, 2.75) is 19.8 Å². The molecule has 3 nitrogen and oxygen atoms in total. The molecule has 0 aliphatic heterocycles. The Morgan fingerprint density at radius 2 is 1.36 bits per heavy atom. The van der Waals surface area contributed by atoms with Gasteiger partial charge in [0.05, 0.1) is 0 Å². The van der Waals surface area contributed by atoms with Crippen molar-refractivity contribution in [3.8, 4) is 22.5 Å². The Labute approximate surface area is 147 Å². The Kier molecular flexibility index (Phi) is 4.21. The van der Waals surface area contributed by atoms with E-state index >= 15 is 0 Å². The number of nitrogens with zero attached hydrogens (tertiary/aromatic N) is 3. The van der Waals surface area contributed by atoms with Crippen molar-refractivity contribution in [2.75, 3.05) is 0 Å². The van der Waals surface area contributed by atoms with Gasteiger partial charge in [0, 0.05) is 11.1 Å². The molecule has 1 aliphatic rings. The second-order valence-corrected chi connectivity index (χ2v) is 6.11. The van der Waals surface area contributed by atoms with Crippen LogP contribution in [0.5, 0.6) is 0 Å². The molecular formula is C22H19N3. The molecule has 0 bridgehead atoms. The third-order valence-corrected chi connectivity index (χ3v) is 4.25. The first-order chi connectivity index (χ1) is 12.3. The van der Waals surface area contributed by atoms with E-state index in [1.807, 2.05) is 13.0 Å². The summed E-state index contributed by atoms with van der Waals surface area (Å²) in [7, 11) is 0. The van der Waals surface area contributed by atoms with Gasteiger partial charge in [0.2, 0.25) is 0 Å². The fraction of sp³-hybridized carbons (Fsp3) is 0.136. The van der Waals surface area contributed by atoms with Crippen molar-refractivity contribution >= 4 is 5.57 Å². The molecule has 0 fully saturated rings. The largest absolute Gasteiger partial charge is 0.213 e. The van der Waals surface area contributed by atoms with Gasteiger partial charge in [-0.25, -0.2) is 15.0 Å². The number of hydrogen-bond acceptors (Lipinski definition) is 3. The molecule has 0 unspecified atom stereocenters. The minimum absolute atomic E-state index is 0.724. The van der Waals surface area contributed by atoms with Gasteiger partial charge in [0.25, 0.3) is 0 Å². The van der Waals surface area contributed by atoms with Gasteiger partial charge < -0.3 is 0 Å². The van der Waals surface area contributed by atoms with Crippen LogP contribution in [0.3, 0.4) is 0 Å². The van der Waals surface area contributed by atoms with Gasteiger partial charge in [-0.15, -0.1) is 0 Å². The molecule has 1 heterocycles. The Morgan fingerprint density at radius 1 is 0.680 bits per heavy atom. The summed E-state index contributed by atoms with van der Waals surface area (Å²) in [4.78, 5) is 13.7. The van der Waals surface area contributed by atoms with Crippen molar-refractivity contribution in [3.05, 3.63) is 84.5 Å². The normalized spacial score (nSPS) is 13.6. The summed E-state index contributed by atoms with van der Waals surface area (Å²) in [6.45, 7) is 1.92. The minimum atomic E-state index is 0.724. The number of allylic oxidation sites excluding steroid dienone is 4. The fourth-order valence-electron chi connectivity index (χ4n) is 2.96. The van der Waals surface area contributed by atoms with Crippen LogP contribution in [0, 0.1) is 6.92 Å². The number of aromatic nitrogens is 3. The lowest BCUT2D eigenvalue weighted by Gasteiger charge is -2.09. The Hall–Kier alpha value is -3.07. The highest BCUT2D eigenvalue weighted by molar-refractivity contribution is 5.72. The monoisotopic (exact) mass is 325 g/mol. The van der Waals surface area contributed by atoms with Crippen LogP contribution in [0.1, 0.15) is 24.5 Å². The lowest BCUT2D eigenvalue weighted by molar-refractivity contribution is 0.953. The van der Waals surface area contributed by atoms with Gasteiger partial charge in [-0.2, -0.15) is 0 Å². The summed E-state index contributed by atoms with van der Waals surface area (Å²) < 4.78 is 0. The van der Waals surface area contributed by atoms with Gasteiger partial charge in [0.1, 0.15) is 5.82 Å². The fourth-order valence-corrected chi connectivity index (χ4v) is 2.96. The van der Waals surface area contributed by atoms with Crippen LogP contribution in [0.15, 0.2) is 72.8 Å². The summed E-state index contributed by atoms with van der Waals surface area (Å²) >= 11 is 0. The van der Waals surface area contributed by atoms with E-state index in [1.54, 1.807) is 0 Å². The molecule has 1 aromatic heterocycles. The number of hydrogen-bond donors (Lipinski definition) is 0. The standard InChI is InChI=1S/C22H19N3/c1-16-23-21(19-10-6-3-7-11-19)25-22(24-16)20-14-12-18(13-15-20)17-8-4-2-5-9-17/h2,4-6,8-15H,3,7H2,1H3. The highest BCUT2D eigenvalue weighted by atomic mass is 15.0. The zero-order valence-electron chi connectivity index (χ0n) is 14.2. The zero-order chi connectivity index (χ0) is 17.1. The van der Waals surface area contributed by atoms with Crippen LogP contribution in [-0.4, -0.2) is 15.0 Å². The summed E-state index contributed by atoms with van der Waals surface area (Å²) in [6, 6.07) is 18.7. The number of aryl methyl sites for hydroxylation is 1. The second-order valence-electron chi connectivity index (χ2n) is 6.11. The molecule has 2 aromatic carbocycles. The van der Waals surface area contributed by atoms with E-state index < -0.39 is 0 Å². The molecule has 1 aliphatic carbocycles. The van der Waals surface area contributed by atoms with Crippen molar-refractivity contribution < 1.29 is 0 Å². The van der Waals surface area contributed by atoms with Crippen LogP contribution in [0.4, 0.5) is 0 Å². The van der Waals surface area contributed by atoms with E-state index in [0.717, 1.165) is 41.5 Å². The van der Waals surface area contributed by atoms with Gasteiger partial charge in [-0.1, -0.05) is 72.8 Å². The van der Waals surface area contributed by atoms with E-state index in [1.165, 1.54) is 11.1 Å². The summed E-state index contributed by atoms with van der Waals surface area (Å²) in [5.74, 6) is 2.22. The number of benzene rings is 2. The molecule has 0 spiro atoms. The molecule has 0 saturated carbocycles. The molecular weight excluding hydrogens is 306 g/mol. The highest BCUT2D eigenvalue weighted by Crippen LogP contribution is 2.24. The van der Waals surface area contributed by atoms with Crippen LogP contribution >= 0.6 is 0 Å². The van der Waals surface area contributed by atoms with E-state index in [2.05, 4.69) is 81.7 Å². The Bertz CT molecular complexity index is 939. The van der Waals surface area contributed by atoms with Gasteiger partial charge in [-0.3, -0.25) is 0 Å². The first-order valence-electron chi connectivity index (χ1n) is 8.55. The van der Waals surface area contributed by atoms with Crippen molar-refractivity contribution in [1.82, 2.24) is 15.0 Å². The lowest BCUT2D eigenvalue weighted by atomic mass is 10.0. The van der Waals surface area contributed by atoms with Crippen LogP contribution in [0.25, 0.3) is 28.1 Å². The quantitative estimate of drug-likeness (QED) is 0.660. The zero-order valence-corrected chi connectivity index (χ0v) is 14.2. The average molecular weight is 325 g/mol. The predicted molar refractivity (Wildman–Crippen MR) is 102 cm³/mol. The molecule has 0 radical (unpaired) electrons. The minimum Gasteiger partial charge on any atom is -0.213 e. The maximum atomic E-state index is 4.69. The van der Waals surface area contributed by atoms with Crippen LogP contribution < -0.4 is 0 Å². The second kappa shape index (κ2) is 6.81. The average Bonchev–Trinajstić information content (AvgIpc) is 2.69. The first kappa shape index (κ1) is 15.5.